The van der Waals surface area contributed by atoms with E-state index in [1.54, 1.807) is 0 Å². The van der Waals surface area contributed by atoms with Crippen molar-refractivity contribution in [2.75, 3.05) is 25.0 Å². The molecule has 0 amide bonds. The molecule has 1 unspecified atom stereocenters. The Labute approximate surface area is 116 Å². The van der Waals surface area contributed by atoms with Crippen LogP contribution in [0.1, 0.15) is 38.7 Å². The van der Waals surface area contributed by atoms with E-state index in [4.69, 9.17) is 4.74 Å². The van der Waals surface area contributed by atoms with Gasteiger partial charge in [0.2, 0.25) is 0 Å². The van der Waals surface area contributed by atoms with Crippen molar-refractivity contribution in [2.24, 2.45) is 0 Å². The third kappa shape index (κ3) is 4.43. The summed E-state index contributed by atoms with van der Waals surface area (Å²) >= 11 is 0. The zero-order chi connectivity index (χ0) is 13.5. The van der Waals surface area contributed by atoms with Gasteiger partial charge in [0.25, 0.3) is 0 Å². The summed E-state index contributed by atoms with van der Waals surface area (Å²) in [5.41, 5.74) is 2.51. The van der Waals surface area contributed by atoms with Crippen molar-refractivity contribution >= 4 is 5.69 Å². The number of hydrogen-bond donors (Lipinski definition) is 2. The highest BCUT2D eigenvalue weighted by Crippen LogP contribution is 2.28. The summed E-state index contributed by atoms with van der Waals surface area (Å²) in [7, 11) is 0. The molecule has 1 heterocycles. The highest BCUT2D eigenvalue weighted by Gasteiger charge is 2.11. The highest BCUT2D eigenvalue weighted by molar-refractivity contribution is 5.59. The zero-order valence-electron chi connectivity index (χ0n) is 12.2. The van der Waals surface area contributed by atoms with E-state index in [1.165, 1.54) is 24.8 Å². The lowest BCUT2D eigenvalue weighted by molar-refractivity contribution is 0.323. The fraction of sp³-hybridized carbons (Fsp3) is 0.625. The number of hydrogen-bond acceptors (Lipinski definition) is 3. The smallest absolute Gasteiger partial charge is 0.142 e. The lowest BCUT2D eigenvalue weighted by Gasteiger charge is -2.20. The van der Waals surface area contributed by atoms with Gasteiger partial charge in [-0.05, 0) is 44.0 Å². The molecule has 3 heteroatoms. The van der Waals surface area contributed by atoms with Crippen LogP contribution in [-0.4, -0.2) is 25.7 Å². The molecule has 1 aliphatic rings. The molecule has 0 aliphatic carbocycles. The third-order valence-corrected chi connectivity index (χ3v) is 3.53. The molecule has 0 aromatic heterocycles. The first kappa shape index (κ1) is 14.2. The molecular formula is C16H26N2O. The van der Waals surface area contributed by atoms with Gasteiger partial charge in [0, 0.05) is 12.6 Å². The maximum absolute atomic E-state index is 5.60. The van der Waals surface area contributed by atoms with Crippen LogP contribution in [0.3, 0.4) is 0 Å². The van der Waals surface area contributed by atoms with Gasteiger partial charge in [-0.2, -0.15) is 0 Å². The van der Waals surface area contributed by atoms with Crippen LogP contribution >= 0.6 is 0 Å². The normalized spacial score (nSPS) is 15.3. The Kier molecular flexibility index (Phi) is 5.52. The summed E-state index contributed by atoms with van der Waals surface area (Å²) in [6.07, 6.45) is 4.95. The first-order valence-electron chi connectivity index (χ1n) is 7.52. The topological polar surface area (TPSA) is 33.3 Å². The average Bonchev–Trinajstić information content (AvgIpc) is 2.43. The summed E-state index contributed by atoms with van der Waals surface area (Å²) in [5.74, 6) is 0.985. The molecule has 0 bridgehead atoms. The van der Waals surface area contributed by atoms with Crippen LogP contribution in [0.15, 0.2) is 18.2 Å². The van der Waals surface area contributed by atoms with E-state index in [0.717, 1.165) is 37.6 Å². The van der Waals surface area contributed by atoms with Crippen molar-refractivity contribution < 1.29 is 4.74 Å². The molecule has 1 aromatic rings. The van der Waals surface area contributed by atoms with Gasteiger partial charge in [-0.25, -0.2) is 0 Å². The SMILES string of the molecule is CCCCCNC(C)Cc1ccc2c(c1)NCCO2. The number of rotatable bonds is 7. The quantitative estimate of drug-likeness (QED) is 0.740. The van der Waals surface area contributed by atoms with Crippen LogP contribution in [0.25, 0.3) is 0 Å². The summed E-state index contributed by atoms with van der Waals surface area (Å²) in [5, 5.41) is 6.99. The second kappa shape index (κ2) is 7.39. The van der Waals surface area contributed by atoms with E-state index >= 15 is 0 Å². The minimum absolute atomic E-state index is 0.527. The van der Waals surface area contributed by atoms with Crippen LogP contribution in [0, 0.1) is 0 Å². The first-order valence-corrected chi connectivity index (χ1v) is 7.52. The van der Waals surface area contributed by atoms with Gasteiger partial charge in [-0.1, -0.05) is 25.8 Å². The van der Waals surface area contributed by atoms with E-state index in [2.05, 4.69) is 42.7 Å². The summed E-state index contributed by atoms with van der Waals surface area (Å²) < 4.78 is 5.60. The lowest BCUT2D eigenvalue weighted by atomic mass is 10.1. The molecule has 0 radical (unpaired) electrons. The Morgan fingerprint density at radius 3 is 3.11 bits per heavy atom. The molecule has 2 rings (SSSR count). The number of nitrogens with one attached hydrogen (secondary N) is 2. The molecule has 0 spiro atoms. The summed E-state index contributed by atoms with van der Waals surface area (Å²) in [6, 6.07) is 7.01. The number of benzene rings is 1. The minimum Gasteiger partial charge on any atom is -0.490 e. The second-order valence-corrected chi connectivity index (χ2v) is 5.37. The van der Waals surface area contributed by atoms with Crippen molar-refractivity contribution in [3.05, 3.63) is 23.8 Å². The number of unbranched alkanes of at least 4 members (excludes halogenated alkanes) is 2. The zero-order valence-corrected chi connectivity index (χ0v) is 12.2. The molecule has 0 saturated carbocycles. The number of ether oxygens (including phenoxy) is 1. The Hall–Kier alpha value is -1.22. The van der Waals surface area contributed by atoms with Crippen LogP contribution in [0.4, 0.5) is 5.69 Å². The fourth-order valence-electron chi connectivity index (χ4n) is 2.46. The predicted molar refractivity (Wildman–Crippen MR) is 81.1 cm³/mol. The van der Waals surface area contributed by atoms with E-state index < -0.39 is 0 Å². The Bertz CT molecular complexity index is 392. The van der Waals surface area contributed by atoms with Crippen LogP contribution < -0.4 is 15.4 Å². The van der Waals surface area contributed by atoms with Crippen molar-refractivity contribution in [1.82, 2.24) is 5.32 Å². The van der Waals surface area contributed by atoms with Gasteiger partial charge in [0.15, 0.2) is 0 Å². The predicted octanol–water partition coefficient (Wildman–Crippen LogP) is 3.20. The van der Waals surface area contributed by atoms with Crippen molar-refractivity contribution in [2.45, 2.75) is 45.6 Å². The monoisotopic (exact) mass is 262 g/mol. The molecule has 1 atom stereocenters. The Morgan fingerprint density at radius 2 is 2.26 bits per heavy atom. The van der Waals surface area contributed by atoms with Crippen LogP contribution in [-0.2, 0) is 6.42 Å². The molecule has 106 valence electrons. The molecule has 0 fully saturated rings. The van der Waals surface area contributed by atoms with Crippen molar-refractivity contribution in [1.29, 1.82) is 0 Å². The first-order chi connectivity index (χ1) is 9.29. The third-order valence-electron chi connectivity index (χ3n) is 3.53. The van der Waals surface area contributed by atoms with E-state index in [0.29, 0.717) is 6.04 Å². The van der Waals surface area contributed by atoms with Gasteiger partial charge >= 0.3 is 0 Å². The van der Waals surface area contributed by atoms with Crippen LogP contribution in [0.5, 0.6) is 5.75 Å². The standard InChI is InChI=1S/C16H26N2O/c1-3-4-5-8-17-13(2)11-14-6-7-16-15(12-14)18-9-10-19-16/h6-7,12-13,17-18H,3-5,8-11H2,1-2H3. The van der Waals surface area contributed by atoms with E-state index in [9.17, 15) is 0 Å². The Balaban J connectivity index is 1.81. The van der Waals surface area contributed by atoms with E-state index in [-0.39, 0.29) is 0 Å². The molecule has 1 aliphatic heterocycles. The fourth-order valence-corrected chi connectivity index (χ4v) is 2.46. The summed E-state index contributed by atoms with van der Waals surface area (Å²) in [4.78, 5) is 0. The van der Waals surface area contributed by atoms with E-state index in [1.807, 2.05) is 0 Å². The summed E-state index contributed by atoms with van der Waals surface area (Å²) in [6.45, 7) is 7.30. The van der Waals surface area contributed by atoms with Gasteiger partial charge in [0.1, 0.15) is 12.4 Å². The molecule has 0 saturated heterocycles. The lowest BCUT2D eigenvalue weighted by Crippen LogP contribution is -2.29. The second-order valence-electron chi connectivity index (χ2n) is 5.37. The molecular weight excluding hydrogens is 236 g/mol. The van der Waals surface area contributed by atoms with Crippen LogP contribution in [0.2, 0.25) is 0 Å². The minimum atomic E-state index is 0.527. The van der Waals surface area contributed by atoms with Gasteiger partial charge in [0.05, 0.1) is 5.69 Å². The van der Waals surface area contributed by atoms with Gasteiger partial charge in [-0.15, -0.1) is 0 Å². The Morgan fingerprint density at radius 1 is 1.37 bits per heavy atom. The number of fused-ring (bicyclic) bond motifs is 1. The molecule has 1 aromatic carbocycles. The average molecular weight is 262 g/mol. The largest absolute Gasteiger partial charge is 0.490 e. The van der Waals surface area contributed by atoms with Crippen molar-refractivity contribution in [3.8, 4) is 5.75 Å². The maximum Gasteiger partial charge on any atom is 0.142 e. The van der Waals surface area contributed by atoms with Gasteiger partial charge in [-0.3, -0.25) is 0 Å². The highest BCUT2D eigenvalue weighted by atomic mass is 16.5. The molecule has 19 heavy (non-hydrogen) atoms. The van der Waals surface area contributed by atoms with Gasteiger partial charge < -0.3 is 15.4 Å². The number of anilines is 1. The van der Waals surface area contributed by atoms with Crippen molar-refractivity contribution in [3.63, 3.8) is 0 Å². The molecule has 2 N–H and O–H groups in total. The maximum atomic E-state index is 5.60. The molecule has 3 nitrogen and oxygen atoms in total.